The van der Waals surface area contributed by atoms with Crippen molar-refractivity contribution in [3.05, 3.63) is 54.1 Å². The molecular formula is C19H23N3O2. The molecule has 1 amide bonds. The van der Waals surface area contributed by atoms with E-state index in [9.17, 15) is 4.79 Å². The van der Waals surface area contributed by atoms with Gasteiger partial charge in [0.1, 0.15) is 5.75 Å². The number of hydrogen-bond donors (Lipinski definition) is 3. The fourth-order valence-corrected chi connectivity index (χ4v) is 2.81. The highest BCUT2D eigenvalue weighted by molar-refractivity contribution is 5.93. The lowest BCUT2D eigenvalue weighted by Crippen LogP contribution is -2.30. The number of rotatable bonds is 6. The van der Waals surface area contributed by atoms with Gasteiger partial charge in [0.05, 0.1) is 6.61 Å². The zero-order valence-corrected chi connectivity index (χ0v) is 13.6. The van der Waals surface area contributed by atoms with E-state index in [1.807, 2.05) is 36.4 Å². The number of anilines is 2. The van der Waals surface area contributed by atoms with Gasteiger partial charge in [-0.1, -0.05) is 6.07 Å². The molecule has 1 saturated heterocycles. The average molecular weight is 325 g/mol. The molecule has 0 spiro atoms. The first-order chi connectivity index (χ1) is 11.7. The maximum Gasteiger partial charge on any atom is 0.248 e. The van der Waals surface area contributed by atoms with E-state index < -0.39 is 5.91 Å². The Bertz CT molecular complexity index is 679. The molecule has 0 saturated carbocycles. The molecule has 1 aliphatic rings. The zero-order valence-electron chi connectivity index (χ0n) is 13.6. The van der Waals surface area contributed by atoms with Gasteiger partial charge >= 0.3 is 0 Å². The monoisotopic (exact) mass is 325 g/mol. The molecule has 0 aromatic heterocycles. The van der Waals surface area contributed by atoms with Crippen molar-refractivity contribution in [1.29, 1.82) is 0 Å². The molecule has 0 bridgehead atoms. The van der Waals surface area contributed by atoms with Gasteiger partial charge in [-0.2, -0.15) is 0 Å². The average Bonchev–Trinajstić information content (AvgIpc) is 2.62. The Morgan fingerprint density at radius 1 is 1.12 bits per heavy atom. The molecule has 126 valence electrons. The summed E-state index contributed by atoms with van der Waals surface area (Å²) in [6.07, 6.45) is 2.34. The van der Waals surface area contributed by atoms with Crippen molar-refractivity contribution < 1.29 is 9.53 Å². The summed E-state index contributed by atoms with van der Waals surface area (Å²) in [5.74, 6) is 1.08. The number of nitrogens with two attached hydrogens (primary N) is 1. The highest BCUT2D eigenvalue weighted by Gasteiger charge is 2.13. The van der Waals surface area contributed by atoms with Crippen LogP contribution in [0.4, 0.5) is 11.4 Å². The van der Waals surface area contributed by atoms with Crippen LogP contribution in [0.2, 0.25) is 0 Å². The van der Waals surface area contributed by atoms with Crippen LogP contribution in [0.1, 0.15) is 23.2 Å². The van der Waals surface area contributed by atoms with Gasteiger partial charge in [-0.15, -0.1) is 0 Å². The number of piperidine rings is 1. The molecule has 4 N–H and O–H groups in total. The minimum absolute atomic E-state index is 0.421. The summed E-state index contributed by atoms with van der Waals surface area (Å²) in [7, 11) is 0. The lowest BCUT2D eigenvalue weighted by atomic mass is 9.99. The van der Waals surface area contributed by atoms with Crippen molar-refractivity contribution in [3.8, 4) is 5.75 Å². The normalized spacial score (nSPS) is 15.0. The Morgan fingerprint density at radius 3 is 2.58 bits per heavy atom. The molecule has 0 unspecified atom stereocenters. The summed E-state index contributed by atoms with van der Waals surface area (Å²) < 4.78 is 5.95. The molecular weight excluding hydrogens is 302 g/mol. The fourth-order valence-electron chi connectivity index (χ4n) is 2.81. The van der Waals surface area contributed by atoms with E-state index in [0.717, 1.165) is 36.8 Å². The second-order valence-electron chi connectivity index (χ2n) is 6.10. The predicted molar refractivity (Wildman–Crippen MR) is 95.8 cm³/mol. The smallest absolute Gasteiger partial charge is 0.248 e. The molecule has 0 aliphatic carbocycles. The summed E-state index contributed by atoms with van der Waals surface area (Å²) in [5.41, 5.74) is 7.60. The van der Waals surface area contributed by atoms with Gasteiger partial charge in [-0.25, -0.2) is 0 Å². The number of carbonyl (C=O) groups is 1. The predicted octanol–water partition coefficient (Wildman–Crippen LogP) is 2.91. The largest absolute Gasteiger partial charge is 0.493 e. The van der Waals surface area contributed by atoms with Gasteiger partial charge in [-0.3, -0.25) is 4.79 Å². The van der Waals surface area contributed by atoms with Gasteiger partial charge in [-0.05, 0) is 68.2 Å². The lowest BCUT2D eigenvalue weighted by Gasteiger charge is -2.22. The summed E-state index contributed by atoms with van der Waals surface area (Å²) in [4.78, 5) is 11.1. The number of carbonyl (C=O) groups excluding carboxylic acids is 1. The van der Waals surface area contributed by atoms with E-state index in [1.165, 1.54) is 12.8 Å². The number of benzene rings is 2. The van der Waals surface area contributed by atoms with Crippen LogP contribution < -0.4 is 21.1 Å². The Kier molecular flexibility index (Phi) is 5.33. The molecule has 0 atom stereocenters. The van der Waals surface area contributed by atoms with Crippen LogP contribution in [-0.4, -0.2) is 25.6 Å². The van der Waals surface area contributed by atoms with Crippen molar-refractivity contribution in [2.75, 3.05) is 25.0 Å². The molecule has 1 fully saturated rings. The van der Waals surface area contributed by atoms with Gasteiger partial charge in [0, 0.05) is 23.0 Å². The van der Waals surface area contributed by atoms with Crippen molar-refractivity contribution in [2.24, 2.45) is 11.7 Å². The minimum Gasteiger partial charge on any atom is -0.493 e. The third kappa shape index (κ3) is 4.49. The van der Waals surface area contributed by atoms with E-state index in [-0.39, 0.29) is 0 Å². The highest BCUT2D eigenvalue weighted by atomic mass is 16.5. The Hall–Kier alpha value is -2.53. The van der Waals surface area contributed by atoms with Gasteiger partial charge in [0.25, 0.3) is 0 Å². The first kappa shape index (κ1) is 16.3. The first-order valence-electron chi connectivity index (χ1n) is 8.31. The molecule has 1 heterocycles. The maximum absolute atomic E-state index is 11.1. The van der Waals surface area contributed by atoms with Crippen LogP contribution in [0.3, 0.4) is 0 Å². The molecule has 5 nitrogen and oxygen atoms in total. The summed E-state index contributed by atoms with van der Waals surface area (Å²) in [5, 5.41) is 6.67. The SMILES string of the molecule is NC(=O)c1ccc(Nc2cccc(OCC3CCNCC3)c2)cc1. The van der Waals surface area contributed by atoms with E-state index in [2.05, 4.69) is 10.6 Å². The minimum atomic E-state index is -0.421. The van der Waals surface area contributed by atoms with Crippen LogP contribution in [0.5, 0.6) is 5.75 Å². The van der Waals surface area contributed by atoms with Crippen LogP contribution in [-0.2, 0) is 0 Å². The molecule has 24 heavy (non-hydrogen) atoms. The highest BCUT2D eigenvalue weighted by Crippen LogP contribution is 2.23. The van der Waals surface area contributed by atoms with Crippen molar-refractivity contribution in [1.82, 2.24) is 5.32 Å². The summed E-state index contributed by atoms with van der Waals surface area (Å²) >= 11 is 0. The quantitative estimate of drug-likeness (QED) is 0.763. The third-order valence-electron chi connectivity index (χ3n) is 4.24. The van der Waals surface area contributed by atoms with Crippen LogP contribution >= 0.6 is 0 Å². The van der Waals surface area contributed by atoms with Crippen molar-refractivity contribution >= 4 is 17.3 Å². The standard InChI is InChI=1S/C19H23N3O2/c20-19(23)15-4-6-16(7-5-15)22-17-2-1-3-18(12-17)24-13-14-8-10-21-11-9-14/h1-7,12,14,21-22H,8-11,13H2,(H2,20,23). The zero-order chi connectivity index (χ0) is 16.8. The number of primary amides is 1. The van der Waals surface area contributed by atoms with E-state index in [4.69, 9.17) is 10.5 Å². The van der Waals surface area contributed by atoms with Gasteiger partial charge in [0.15, 0.2) is 0 Å². The lowest BCUT2D eigenvalue weighted by molar-refractivity contribution is 0.100. The molecule has 0 radical (unpaired) electrons. The Labute approximate surface area is 142 Å². The molecule has 5 heteroatoms. The van der Waals surface area contributed by atoms with Gasteiger partial charge < -0.3 is 21.1 Å². The first-order valence-corrected chi connectivity index (χ1v) is 8.31. The topological polar surface area (TPSA) is 76.4 Å². The van der Waals surface area contributed by atoms with Crippen molar-refractivity contribution in [2.45, 2.75) is 12.8 Å². The maximum atomic E-state index is 11.1. The Balaban J connectivity index is 1.59. The molecule has 2 aromatic rings. The van der Waals surface area contributed by atoms with E-state index >= 15 is 0 Å². The number of hydrogen-bond acceptors (Lipinski definition) is 4. The third-order valence-corrected chi connectivity index (χ3v) is 4.24. The van der Waals surface area contributed by atoms with Crippen LogP contribution in [0.25, 0.3) is 0 Å². The van der Waals surface area contributed by atoms with Crippen molar-refractivity contribution in [3.63, 3.8) is 0 Å². The summed E-state index contributed by atoms with van der Waals surface area (Å²) in [6.45, 7) is 2.92. The number of amides is 1. The number of ether oxygens (including phenoxy) is 1. The Morgan fingerprint density at radius 2 is 1.88 bits per heavy atom. The molecule has 2 aromatic carbocycles. The van der Waals surface area contributed by atoms with Crippen LogP contribution in [0.15, 0.2) is 48.5 Å². The second-order valence-corrected chi connectivity index (χ2v) is 6.10. The second kappa shape index (κ2) is 7.84. The van der Waals surface area contributed by atoms with Gasteiger partial charge in [0.2, 0.25) is 5.91 Å². The van der Waals surface area contributed by atoms with E-state index in [0.29, 0.717) is 11.5 Å². The van der Waals surface area contributed by atoms with Crippen LogP contribution in [0, 0.1) is 5.92 Å². The summed E-state index contributed by atoms with van der Waals surface area (Å²) in [6, 6.07) is 15.0. The number of nitrogens with one attached hydrogen (secondary N) is 2. The fraction of sp³-hybridized carbons (Fsp3) is 0.316. The molecule has 3 rings (SSSR count). The molecule has 1 aliphatic heterocycles. The van der Waals surface area contributed by atoms with E-state index in [1.54, 1.807) is 12.1 Å².